The Morgan fingerprint density at radius 1 is 1.25 bits per heavy atom. The normalized spacial score (nSPS) is 3.00. The van der Waals surface area contributed by atoms with Crippen LogP contribution in [0.15, 0.2) is 0 Å². The second-order valence-corrected chi connectivity index (χ2v) is 0.283. The van der Waals surface area contributed by atoms with Gasteiger partial charge in [-0.2, -0.15) is 0 Å². The Balaban J connectivity index is -0.00000000450. The maximum atomic E-state index is 8.56. The van der Waals surface area contributed by atoms with Crippen LogP contribution >= 0.6 is 24.8 Å². The van der Waals surface area contributed by atoms with Gasteiger partial charge in [0.1, 0.15) is 0 Å². The van der Waals surface area contributed by atoms with Gasteiger partial charge in [0.15, 0.2) is 0 Å². The van der Waals surface area contributed by atoms with E-state index in [1.807, 2.05) is 0 Å². The predicted molar refractivity (Wildman–Crippen MR) is 33.0 cm³/mol. The molecule has 50 valence electrons. The molecule has 6 heteroatoms. The van der Waals surface area contributed by atoms with Crippen LogP contribution in [0.5, 0.6) is 0 Å². The SMILES string of the molecule is C.Cl.Cl.O=C(O)O.[H-].[Na+]. The van der Waals surface area contributed by atoms with Crippen LogP contribution in [0.4, 0.5) is 4.79 Å². The summed E-state index contributed by atoms with van der Waals surface area (Å²) in [5, 5.41) is 13.9. The van der Waals surface area contributed by atoms with E-state index in [-0.39, 0.29) is 63.2 Å². The van der Waals surface area contributed by atoms with E-state index in [4.69, 9.17) is 15.0 Å². The average molecular weight is 175 g/mol. The molecule has 0 atom stereocenters. The van der Waals surface area contributed by atoms with Gasteiger partial charge in [-0.25, -0.2) is 4.79 Å². The first-order valence-electron chi connectivity index (χ1n) is 0.651. The van der Waals surface area contributed by atoms with Gasteiger partial charge in [0.25, 0.3) is 0 Å². The number of hydrogen-bond acceptors (Lipinski definition) is 1. The Bertz CT molecular complexity index is 42.8. The van der Waals surface area contributed by atoms with Crippen LogP contribution in [0.2, 0.25) is 0 Å². The Kier molecular flexibility index (Phi) is 114. The Hall–Kier alpha value is 0.850. The molecule has 0 saturated heterocycles. The molecule has 0 saturated carbocycles. The maximum Gasteiger partial charge on any atom is 1.00 e. The zero-order valence-corrected chi connectivity index (χ0v) is 7.25. The van der Waals surface area contributed by atoms with Crippen LogP contribution in [0.1, 0.15) is 8.85 Å². The van der Waals surface area contributed by atoms with E-state index >= 15 is 0 Å². The summed E-state index contributed by atoms with van der Waals surface area (Å²) in [4.78, 5) is 8.56. The van der Waals surface area contributed by atoms with E-state index in [1.165, 1.54) is 0 Å². The van der Waals surface area contributed by atoms with Crippen molar-refractivity contribution in [2.75, 3.05) is 0 Å². The fourth-order valence-corrected chi connectivity index (χ4v) is 0. The largest absolute Gasteiger partial charge is 1.00 e. The molecule has 0 heterocycles. The van der Waals surface area contributed by atoms with Gasteiger partial charge in [0.2, 0.25) is 0 Å². The van der Waals surface area contributed by atoms with E-state index in [0.717, 1.165) is 0 Å². The smallest absolute Gasteiger partial charge is 1.00 e. The van der Waals surface area contributed by atoms with Gasteiger partial charge in [-0.15, -0.1) is 24.8 Å². The third-order valence-corrected chi connectivity index (χ3v) is 0. The first-order chi connectivity index (χ1) is 1.73. The molecule has 0 unspecified atom stereocenters. The molecule has 0 aliphatic heterocycles. The zero-order chi connectivity index (χ0) is 3.58. The van der Waals surface area contributed by atoms with Crippen molar-refractivity contribution in [1.29, 1.82) is 0 Å². The number of carbonyl (C=O) groups is 1. The van der Waals surface area contributed by atoms with E-state index in [2.05, 4.69) is 0 Å². The average Bonchev–Trinajstić information content (AvgIpc) is 0.811. The molecule has 0 aliphatic carbocycles. The van der Waals surface area contributed by atoms with E-state index in [0.29, 0.717) is 0 Å². The Labute approximate surface area is 84.1 Å². The van der Waals surface area contributed by atoms with E-state index < -0.39 is 6.16 Å². The van der Waals surface area contributed by atoms with Crippen LogP contribution in [0.25, 0.3) is 0 Å². The van der Waals surface area contributed by atoms with Gasteiger partial charge in [-0.1, -0.05) is 7.43 Å². The van der Waals surface area contributed by atoms with Crippen molar-refractivity contribution in [2.45, 2.75) is 7.43 Å². The fourth-order valence-electron chi connectivity index (χ4n) is 0. The number of halogens is 2. The molecule has 0 bridgehead atoms. The van der Waals surface area contributed by atoms with Crippen molar-refractivity contribution in [1.82, 2.24) is 0 Å². The van der Waals surface area contributed by atoms with Gasteiger partial charge in [0.05, 0.1) is 0 Å². The van der Waals surface area contributed by atoms with Gasteiger partial charge in [-0.05, 0) is 0 Å². The van der Waals surface area contributed by atoms with Gasteiger partial charge in [0, 0.05) is 0 Å². The van der Waals surface area contributed by atoms with Gasteiger partial charge >= 0.3 is 35.7 Å². The summed E-state index contributed by atoms with van der Waals surface area (Å²) in [7, 11) is 0. The van der Waals surface area contributed by atoms with Crippen LogP contribution in [-0.4, -0.2) is 16.4 Å². The van der Waals surface area contributed by atoms with Crippen molar-refractivity contribution in [2.24, 2.45) is 0 Å². The van der Waals surface area contributed by atoms with Crippen molar-refractivity contribution in [3.63, 3.8) is 0 Å². The summed E-state index contributed by atoms with van der Waals surface area (Å²) < 4.78 is 0. The second-order valence-electron chi connectivity index (χ2n) is 0.283. The van der Waals surface area contributed by atoms with E-state index in [9.17, 15) is 0 Å². The molecule has 0 rings (SSSR count). The summed E-state index contributed by atoms with van der Waals surface area (Å²) in [5.41, 5.74) is 0. The van der Waals surface area contributed by atoms with Crippen LogP contribution in [-0.2, 0) is 0 Å². The quantitative estimate of drug-likeness (QED) is 0.455. The van der Waals surface area contributed by atoms with Crippen LogP contribution < -0.4 is 29.6 Å². The summed E-state index contributed by atoms with van der Waals surface area (Å²) in [6, 6.07) is 0. The number of rotatable bonds is 0. The maximum absolute atomic E-state index is 8.56. The predicted octanol–water partition coefficient (Wildman–Crippen LogP) is -1.18. The minimum atomic E-state index is -1.83. The molecule has 0 aromatic rings. The molecule has 2 N–H and O–H groups in total. The summed E-state index contributed by atoms with van der Waals surface area (Å²) in [6.07, 6.45) is -1.83. The summed E-state index contributed by atoms with van der Waals surface area (Å²) >= 11 is 0. The third kappa shape index (κ3) is 324. The molecule has 0 fully saturated rings. The standard InChI is InChI=1S/CH2O3.CH4.2ClH.Na.H/c2-1(3)4;;;;;/h(H2,2,3,4);1H4;2*1H;;/q;;;;+1;-1. The number of carboxylic acid groups (broad SMARTS) is 2. The fraction of sp³-hybridized carbons (Fsp3) is 0.500. The summed E-state index contributed by atoms with van der Waals surface area (Å²) in [6.45, 7) is 0. The summed E-state index contributed by atoms with van der Waals surface area (Å²) in [5.74, 6) is 0. The third-order valence-electron chi connectivity index (χ3n) is 0. The van der Waals surface area contributed by atoms with Gasteiger partial charge < -0.3 is 11.6 Å². The second kappa shape index (κ2) is 24.9. The first kappa shape index (κ1) is 36.8. The van der Waals surface area contributed by atoms with Crippen molar-refractivity contribution in [3.8, 4) is 0 Å². The van der Waals surface area contributed by atoms with Crippen molar-refractivity contribution < 1.29 is 46.0 Å². The van der Waals surface area contributed by atoms with Crippen molar-refractivity contribution in [3.05, 3.63) is 0 Å². The molecule has 0 amide bonds. The molecule has 0 spiro atoms. The van der Waals surface area contributed by atoms with Crippen LogP contribution in [0.3, 0.4) is 0 Å². The number of hydrogen-bond donors (Lipinski definition) is 2. The Morgan fingerprint density at radius 3 is 1.25 bits per heavy atom. The van der Waals surface area contributed by atoms with Crippen LogP contribution in [0, 0.1) is 0 Å². The molecule has 0 radical (unpaired) electrons. The molecule has 0 aliphatic rings. The molecular weight excluding hydrogens is 166 g/mol. The van der Waals surface area contributed by atoms with Gasteiger partial charge in [-0.3, -0.25) is 0 Å². The monoisotopic (exact) mass is 174 g/mol. The molecular formula is C2H9Cl2NaO3. The Morgan fingerprint density at radius 2 is 1.25 bits per heavy atom. The van der Waals surface area contributed by atoms with E-state index in [1.54, 1.807) is 0 Å². The minimum absolute atomic E-state index is 0. The molecule has 0 aromatic carbocycles. The molecule has 3 nitrogen and oxygen atoms in total. The molecule has 0 aromatic heterocycles. The van der Waals surface area contributed by atoms with Crippen molar-refractivity contribution >= 4 is 31.0 Å². The zero-order valence-electron chi connectivity index (χ0n) is 4.62. The first-order valence-corrected chi connectivity index (χ1v) is 0.651. The molecule has 8 heavy (non-hydrogen) atoms. The topological polar surface area (TPSA) is 57.5 Å². The minimum Gasteiger partial charge on any atom is -1.00 e.